The van der Waals surface area contributed by atoms with Crippen molar-refractivity contribution in [2.24, 2.45) is 0 Å². The second kappa shape index (κ2) is 6.31. The van der Waals surface area contributed by atoms with Crippen molar-refractivity contribution in [3.05, 3.63) is 23.9 Å². The van der Waals surface area contributed by atoms with E-state index < -0.39 is 0 Å². The van der Waals surface area contributed by atoms with E-state index in [1.54, 1.807) is 0 Å². The largest absolute Gasteiger partial charge is 0.466 e. The van der Waals surface area contributed by atoms with Crippen LogP contribution >= 0.6 is 0 Å². The Bertz CT molecular complexity index is 519. The summed E-state index contributed by atoms with van der Waals surface area (Å²) in [6, 6.07) is 0. The summed E-state index contributed by atoms with van der Waals surface area (Å²) in [5, 5.41) is 6.44. The molecule has 20 heavy (non-hydrogen) atoms. The van der Waals surface area contributed by atoms with Crippen LogP contribution in [0.3, 0.4) is 0 Å². The normalized spacial score (nSPS) is 13.8. The van der Waals surface area contributed by atoms with E-state index in [-0.39, 0.29) is 25.0 Å². The van der Waals surface area contributed by atoms with Gasteiger partial charge in [-0.25, -0.2) is 0 Å². The number of rotatable bonds is 7. The van der Waals surface area contributed by atoms with Crippen molar-refractivity contribution >= 4 is 11.9 Å². The van der Waals surface area contributed by atoms with Crippen LogP contribution in [0.5, 0.6) is 0 Å². The van der Waals surface area contributed by atoms with Crippen LogP contribution in [0.2, 0.25) is 0 Å². The monoisotopic (exact) mass is 279 g/mol. The maximum atomic E-state index is 11.7. The molecule has 0 bridgehead atoms. The number of ether oxygens (including phenoxy) is 1. The lowest BCUT2D eigenvalue weighted by atomic mass is 10.2. The molecule has 7 nitrogen and oxygen atoms in total. The molecule has 1 saturated carbocycles. The highest BCUT2D eigenvalue weighted by molar-refractivity contribution is 5.92. The van der Waals surface area contributed by atoms with Crippen LogP contribution in [0.15, 0.2) is 16.7 Å². The van der Waals surface area contributed by atoms with Crippen LogP contribution in [0.4, 0.5) is 0 Å². The average Bonchev–Trinajstić information content (AvgIpc) is 3.15. The predicted molar refractivity (Wildman–Crippen MR) is 68.5 cm³/mol. The van der Waals surface area contributed by atoms with Gasteiger partial charge in [0, 0.05) is 24.8 Å². The van der Waals surface area contributed by atoms with Crippen molar-refractivity contribution in [2.45, 2.75) is 38.6 Å². The lowest BCUT2D eigenvalue weighted by Gasteiger charge is -2.05. The Hall–Kier alpha value is -2.18. The van der Waals surface area contributed by atoms with Crippen LogP contribution < -0.4 is 5.32 Å². The minimum Gasteiger partial charge on any atom is -0.466 e. The number of nitrogens with one attached hydrogen (secondary N) is 1. The Morgan fingerprint density at radius 1 is 1.50 bits per heavy atom. The van der Waals surface area contributed by atoms with Crippen LogP contribution in [0.1, 0.15) is 43.8 Å². The molecule has 1 N–H and O–H groups in total. The smallest absolute Gasteiger partial charge is 0.302 e. The van der Waals surface area contributed by atoms with Gasteiger partial charge in [-0.1, -0.05) is 11.7 Å². The lowest BCUT2D eigenvalue weighted by molar-refractivity contribution is -0.141. The molecule has 0 aliphatic heterocycles. The molecule has 0 saturated heterocycles. The van der Waals surface area contributed by atoms with Crippen molar-refractivity contribution in [3.63, 3.8) is 0 Å². The summed E-state index contributed by atoms with van der Waals surface area (Å²) in [5.74, 6) is 0.800. The third-order valence-corrected chi connectivity index (χ3v) is 2.85. The van der Waals surface area contributed by atoms with Crippen LogP contribution in [0, 0.1) is 0 Å². The number of amides is 1. The van der Waals surface area contributed by atoms with E-state index in [2.05, 4.69) is 22.0 Å². The van der Waals surface area contributed by atoms with Gasteiger partial charge in [-0.15, -0.1) is 0 Å². The Balaban J connectivity index is 1.70. The van der Waals surface area contributed by atoms with E-state index in [4.69, 9.17) is 9.26 Å². The van der Waals surface area contributed by atoms with Crippen molar-refractivity contribution in [2.75, 3.05) is 6.61 Å². The predicted octanol–water partition coefficient (Wildman–Crippen LogP) is 1.07. The van der Waals surface area contributed by atoms with E-state index in [0.29, 0.717) is 29.6 Å². The topological polar surface area (TPSA) is 94.3 Å². The van der Waals surface area contributed by atoms with E-state index >= 15 is 0 Å². The minimum absolute atomic E-state index is 0.148. The first-order valence-electron chi connectivity index (χ1n) is 6.48. The van der Waals surface area contributed by atoms with Gasteiger partial charge in [-0.05, 0) is 12.8 Å². The molecule has 1 aromatic rings. The van der Waals surface area contributed by atoms with Crippen LogP contribution in [0.25, 0.3) is 0 Å². The maximum absolute atomic E-state index is 11.7. The molecule has 0 radical (unpaired) electrons. The molecule has 0 atom stereocenters. The molecule has 108 valence electrons. The quantitative estimate of drug-likeness (QED) is 0.592. The first kappa shape index (κ1) is 14.2. The Morgan fingerprint density at radius 3 is 2.90 bits per heavy atom. The van der Waals surface area contributed by atoms with Crippen LogP contribution in [-0.2, 0) is 20.9 Å². The summed E-state index contributed by atoms with van der Waals surface area (Å²) in [7, 11) is 0. The standard InChI is InChI=1S/C13H17N3O4/c1-8(5-6-19-9(2)17)12(18)14-7-11-15-13(20-16-11)10-3-4-10/h10H,1,3-7H2,2H3,(H,14,18). The molecule has 1 aromatic heterocycles. The number of hydrogen-bond donors (Lipinski definition) is 1. The highest BCUT2D eigenvalue weighted by Gasteiger charge is 2.29. The number of nitrogens with zero attached hydrogens (tertiary/aromatic N) is 2. The molecule has 2 rings (SSSR count). The van der Waals surface area contributed by atoms with Crippen molar-refractivity contribution in [3.8, 4) is 0 Å². The molecule has 7 heteroatoms. The molecule has 1 aliphatic rings. The second-order valence-electron chi connectivity index (χ2n) is 4.70. The van der Waals surface area contributed by atoms with Crippen molar-refractivity contribution in [1.82, 2.24) is 15.5 Å². The molecule has 1 heterocycles. The number of carbonyl (C=O) groups excluding carboxylic acids is 2. The van der Waals surface area contributed by atoms with E-state index in [1.165, 1.54) is 6.92 Å². The summed E-state index contributed by atoms with van der Waals surface area (Å²) in [4.78, 5) is 26.5. The van der Waals surface area contributed by atoms with Gasteiger partial charge in [0.1, 0.15) is 0 Å². The summed E-state index contributed by atoms with van der Waals surface area (Å²) < 4.78 is 9.82. The third kappa shape index (κ3) is 4.18. The average molecular weight is 279 g/mol. The fraction of sp³-hybridized carbons (Fsp3) is 0.538. The van der Waals surface area contributed by atoms with Crippen LogP contribution in [-0.4, -0.2) is 28.6 Å². The zero-order chi connectivity index (χ0) is 14.5. The van der Waals surface area contributed by atoms with Gasteiger partial charge >= 0.3 is 5.97 Å². The number of esters is 1. The van der Waals surface area contributed by atoms with Gasteiger partial charge in [0.2, 0.25) is 11.8 Å². The van der Waals surface area contributed by atoms with Gasteiger partial charge in [-0.2, -0.15) is 4.98 Å². The number of carbonyl (C=O) groups is 2. The summed E-state index contributed by atoms with van der Waals surface area (Å²) in [6.45, 7) is 5.30. The molecule has 0 unspecified atom stereocenters. The second-order valence-corrected chi connectivity index (χ2v) is 4.70. The van der Waals surface area contributed by atoms with Gasteiger partial charge in [-0.3, -0.25) is 9.59 Å². The summed E-state index contributed by atoms with van der Waals surface area (Å²) >= 11 is 0. The summed E-state index contributed by atoms with van der Waals surface area (Å²) in [5.41, 5.74) is 0.345. The zero-order valence-electron chi connectivity index (χ0n) is 11.3. The zero-order valence-corrected chi connectivity index (χ0v) is 11.3. The summed E-state index contributed by atoms with van der Waals surface area (Å²) in [6.07, 6.45) is 2.47. The fourth-order valence-electron chi connectivity index (χ4n) is 1.55. The highest BCUT2D eigenvalue weighted by Crippen LogP contribution is 2.38. The number of aromatic nitrogens is 2. The molecular weight excluding hydrogens is 262 g/mol. The number of hydrogen-bond acceptors (Lipinski definition) is 6. The van der Waals surface area contributed by atoms with Crippen molar-refractivity contribution < 1.29 is 18.8 Å². The molecular formula is C13H17N3O4. The molecule has 0 aromatic carbocycles. The SMILES string of the molecule is C=C(CCOC(C)=O)C(=O)NCc1noc(C2CC2)n1. The molecule has 1 amide bonds. The van der Waals surface area contributed by atoms with Gasteiger partial charge < -0.3 is 14.6 Å². The Labute approximate surface area is 116 Å². The first-order chi connectivity index (χ1) is 9.56. The fourth-order valence-corrected chi connectivity index (χ4v) is 1.55. The van der Waals surface area contributed by atoms with Gasteiger partial charge in [0.15, 0.2) is 5.82 Å². The third-order valence-electron chi connectivity index (χ3n) is 2.85. The Kier molecular flexibility index (Phi) is 4.49. The minimum atomic E-state index is -0.377. The Morgan fingerprint density at radius 2 is 2.25 bits per heavy atom. The maximum Gasteiger partial charge on any atom is 0.302 e. The highest BCUT2D eigenvalue weighted by atomic mass is 16.5. The molecule has 1 fully saturated rings. The molecule has 1 aliphatic carbocycles. The molecule has 0 spiro atoms. The van der Waals surface area contributed by atoms with Crippen molar-refractivity contribution in [1.29, 1.82) is 0 Å². The van der Waals surface area contributed by atoms with E-state index in [9.17, 15) is 9.59 Å². The van der Waals surface area contributed by atoms with Gasteiger partial charge in [0.05, 0.1) is 13.2 Å². The lowest BCUT2D eigenvalue weighted by Crippen LogP contribution is -2.25. The van der Waals surface area contributed by atoms with Gasteiger partial charge in [0.25, 0.3) is 0 Å². The van der Waals surface area contributed by atoms with E-state index in [1.807, 2.05) is 0 Å². The van der Waals surface area contributed by atoms with E-state index in [0.717, 1.165) is 12.8 Å². The first-order valence-corrected chi connectivity index (χ1v) is 6.48.